The fourth-order valence-corrected chi connectivity index (χ4v) is 3.39. The van der Waals surface area contributed by atoms with Gasteiger partial charge < -0.3 is 10.1 Å². The number of thiazole rings is 1. The van der Waals surface area contributed by atoms with Crippen molar-refractivity contribution in [3.8, 4) is 10.6 Å². The first kappa shape index (κ1) is 19.0. The molecule has 0 aliphatic carbocycles. The highest BCUT2D eigenvalue weighted by atomic mass is 35.5. The molecule has 0 atom stereocenters. The topological polar surface area (TPSA) is 68.3 Å². The zero-order valence-corrected chi connectivity index (χ0v) is 15.7. The molecule has 138 valence electrons. The predicted molar refractivity (Wildman–Crippen MR) is 103 cm³/mol. The molecule has 1 N–H and O–H groups in total. The van der Waals surface area contributed by atoms with Crippen LogP contribution >= 0.6 is 22.9 Å². The van der Waals surface area contributed by atoms with Gasteiger partial charge in [-0.25, -0.2) is 14.2 Å². The first-order valence-corrected chi connectivity index (χ1v) is 9.08. The number of carbonyl (C=O) groups is 2. The lowest BCUT2D eigenvalue weighted by Crippen LogP contribution is -2.21. The number of nitrogens with one attached hydrogen (secondary N) is 1. The second kappa shape index (κ2) is 8.28. The molecule has 0 aliphatic rings. The first-order valence-electron chi connectivity index (χ1n) is 7.89. The van der Waals surface area contributed by atoms with Gasteiger partial charge in [0.2, 0.25) is 0 Å². The first-order chi connectivity index (χ1) is 12.9. The van der Waals surface area contributed by atoms with E-state index < -0.39 is 24.3 Å². The summed E-state index contributed by atoms with van der Waals surface area (Å²) in [7, 11) is 0. The Kier molecular flexibility index (Phi) is 5.83. The van der Waals surface area contributed by atoms with Crippen LogP contribution in [-0.2, 0) is 9.53 Å². The van der Waals surface area contributed by atoms with Gasteiger partial charge in [-0.15, -0.1) is 11.3 Å². The standard InChI is InChI=1S/C19H14ClFN2O3S/c1-11-17(27-18(22-11)12-5-3-2-4-6-12)19(25)26-10-16(24)23-15-8-7-13(20)9-14(15)21/h2-9H,10H2,1H3,(H,23,24). The highest BCUT2D eigenvalue weighted by molar-refractivity contribution is 7.17. The number of carbonyl (C=O) groups excluding carboxylic acids is 2. The average Bonchev–Trinajstić information content (AvgIpc) is 3.05. The van der Waals surface area contributed by atoms with E-state index in [0.29, 0.717) is 15.6 Å². The van der Waals surface area contributed by atoms with Gasteiger partial charge in [-0.3, -0.25) is 4.79 Å². The quantitative estimate of drug-likeness (QED) is 0.625. The van der Waals surface area contributed by atoms with Crippen molar-refractivity contribution < 1.29 is 18.7 Å². The summed E-state index contributed by atoms with van der Waals surface area (Å²) in [5.74, 6) is -1.98. The van der Waals surface area contributed by atoms with E-state index in [-0.39, 0.29) is 10.7 Å². The monoisotopic (exact) mass is 404 g/mol. The molecule has 2 aromatic carbocycles. The predicted octanol–water partition coefficient (Wildman–Crippen LogP) is 4.71. The molecule has 0 unspecified atom stereocenters. The number of nitrogens with zero attached hydrogens (tertiary/aromatic N) is 1. The molecule has 5 nitrogen and oxygen atoms in total. The van der Waals surface area contributed by atoms with Crippen molar-refractivity contribution in [1.29, 1.82) is 0 Å². The summed E-state index contributed by atoms with van der Waals surface area (Å²) in [4.78, 5) is 28.8. The van der Waals surface area contributed by atoms with Crippen LogP contribution in [0.4, 0.5) is 10.1 Å². The van der Waals surface area contributed by atoms with Crippen LogP contribution in [0, 0.1) is 12.7 Å². The Labute approximate surface area is 163 Å². The third-order valence-electron chi connectivity index (χ3n) is 3.54. The number of aromatic nitrogens is 1. The maximum atomic E-state index is 13.7. The molecule has 1 amide bonds. The normalized spacial score (nSPS) is 10.5. The Morgan fingerprint density at radius 2 is 1.96 bits per heavy atom. The van der Waals surface area contributed by atoms with Crippen LogP contribution in [0.15, 0.2) is 48.5 Å². The summed E-state index contributed by atoms with van der Waals surface area (Å²) in [6.07, 6.45) is 0. The van der Waals surface area contributed by atoms with Crippen molar-refractivity contribution in [3.05, 3.63) is 69.9 Å². The van der Waals surface area contributed by atoms with Crippen molar-refractivity contribution in [2.75, 3.05) is 11.9 Å². The van der Waals surface area contributed by atoms with Gasteiger partial charge in [-0.2, -0.15) is 0 Å². The van der Waals surface area contributed by atoms with Crippen LogP contribution in [0.2, 0.25) is 5.02 Å². The number of ether oxygens (including phenoxy) is 1. The lowest BCUT2D eigenvalue weighted by molar-refractivity contribution is -0.119. The van der Waals surface area contributed by atoms with Crippen LogP contribution in [0.5, 0.6) is 0 Å². The lowest BCUT2D eigenvalue weighted by atomic mass is 10.2. The molecule has 0 saturated heterocycles. The summed E-state index contributed by atoms with van der Waals surface area (Å²) in [6.45, 7) is 1.15. The van der Waals surface area contributed by atoms with Gasteiger partial charge in [0.15, 0.2) is 6.61 Å². The third kappa shape index (κ3) is 4.69. The Morgan fingerprint density at radius 1 is 1.22 bits per heavy atom. The van der Waals surface area contributed by atoms with Crippen LogP contribution in [-0.4, -0.2) is 23.5 Å². The summed E-state index contributed by atoms with van der Waals surface area (Å²) in [5.41, 5.74) is 1.37. The minimum absolute atomic E-state index is 0.0409. The van der Waals surface area contributed by atoms with E-state index >= 15 is 0 Å². The number of rotatable bonds is 5. The van der Waals surface area contributed by atoms with E-state index in [2.05, 4.69) is 10.3 Å². The molecule has 0 saturated carbocycles. The summed E-state index contributed by atoms with van der Waals surface area (Å²) in [5, 5.41) is 3.23. The van der Waals surface area contributed by atoms with Gasteiger partial charge in [0.05, 0.1) is 11.4 Å². The molecule has 1 heterocycles. The van der Waals surface area contributed by atoms with Crippen LogP contribution in [0.25, 0.3) is 10.6 Å². The van der Waals surface area contributed by atoms with Gasteiger partial charge in [-0.1, -0.05) is 41.9 Å². The number of hydrogen-bond acceptors (Lipinski definition) is 5. The summed E-state index contributed by atoms with van der Waals surface area (Å²) in [6, 6.07) is 13.3. The molecule has 0 fully saturated rings. The zero-order chi connectivity index (χ0) is 19.4. The van der Waals surface area contributed by atoms with E-state index in [4.69, 9.17) is 16.3 Å². The number of halogens is 2. The minimum atomic E-state index is -0.673. The SMILES string of the molecule is Cc1nc(-c2ccccc2)sc1C(=O)OCC(=O)Nc1ccc(Cl)cc1F. The highest BCUT2D eigenvalue weighted by Crippen LogP contribution is 2.28. The Morgan fingerprint density at radius 3 is 2.67 bits per heavy atom. The van der Waals surface area contributed by atoms with Gasteiger partial charge >= 0.3 is 5.97 Å². The highest BCUT2D eigenvalue weighted by Gasteiger charge is 2.19. The number of aryl methyl sites for hydroxylation is 1. The molecule has 0 bridgehead atoms. The summed E-state index contributed by atoms with van der Waals surface area (Å²) >= 11 is 6.85. The summed E-state index contributed by atoms with van der Waals surface area (Å²) < 4.78 is 18.7. The van der Waals surface area contributed by atoms with Gasteiger partial charge in [0.25, 0.3) is 5.91 Å². The second-order valence-corrected chi connectivity index (χ2v) is 6.98. The fraction of sp³-hybridized carbons (Fsp3) is 0.105. The Balaban J connectivity index is 1.62. The number of esters is 1. The van der Waals surface area contributed by atoms with E-state index in [1.807, 2.05) is 30.3 Å². The molecule has 27 heavy (non-hydrogen) atoms. The van der Waals surface area contributed by atoms with Crippen LogP contribution < -0.4 is 5.32 Å². The van der Waals surface area contributed by atoms with Crippen LogP contribution in [0.3, 0.4) is 0 Å². The third-order valence-corrected chi connectivity index (χ3v) is 4.96. The van der Waals surface area contributed by atoms with Gasteiger partial charge in [0.1, 0.15) is 15.7 Å². The minimum Gasteiger partial charge on any atom is -0.451 e. The number of anilines is 1. The van der Waals surface area contributed by atoms with Crippen molar-refractivity contribution in [2.24, 2.45) is 0 Å². The van der Waals surface area contributed by atoms with E-state index in [1.165, 1.54) is 23.5 Å². The molecule has 0 spiro atoms. The molecule has 0 radical (unpaired) electrons. The maximum Gasteiger partial charge on any atom is 0.350 e. The molecule has 0 aliphatic heterocycles. The van der Waals surface area contributed by atoms with Crippen molar-refractivity contribution in [2.45, 2.75) is 6.92 Å². The molecule has 3 rings (SSSR count). The second-order valence-electron chi connectivity index (χ2n) is 5.55. The number of hydrogen-bond donors (Lipinski definition) is 1. The molecule has 8 heteroatoms. The van der Waals surface area contributed by atoms with Crippen LogP contribution in [0.1, 0.15) is 15.4 Å². The number of amides is 1. The zero-order valence-electron chi connectivity index (χ0n) is 14.2. The Bertz CT molecular complexity index is 992. The van der Waals surface area contributed by atoms with Gasteiger partial charge in [-0.05, 0) is 25.1 Å². The maximum absolute atomic E-state index is 13.7. The molecular weight excluding hydrogens is 391 g/mol. The molecular formula is C19H14ClFN2O3S. The van der Waals surface area contributed by atoms with Crippen molar-refractivity contribution >= 4 is 40.5 Å². The van der Waals surface area contributed by atoms with E-state index in [1.54, 1.807) is 6.92 Å². The molecule has 1 aromatic heterocycles. The molecule has 3 aromatic rings. The van der Waals surface area contributed by atoms with Gasteiger partial charge in [0, 0.05) is 10.6 Å². The lowest BCUT2D eigenvalue weighted by Gasteiger charge is -2.07. The van der Waals surface area contributed by atoms with Crippen molar-refractivity contribution in [3.63, 3.8) is 0 Å². The largest absolute Gasteiger partial charge is 0.451 e. The van der Waals surface area contributed by atoms with Crippen molar-refractivity contribution in [1.82, 2.24) is 4.98 Å². The Hall–Kier alpha value is -2.77. The fourth-order valence-electron chi connectivity index (χ4n) is 2.26. The number of benzene rings is 2. The van der Waals surface area contributed by atoms with E-state index in [0.717, 1.165) is 11.6 Å². The average molecular weight is 405 g/mol. The van der Waals surface area contributed by atoms with E-state index in [9.17, 15) is 14.0 Å². The smallest absolute Gasteiger partial charge is 0.350 e.